The van der Waals surface area contributed by atoms with E-state index in [1.165, 1.54) is 95.5 Å². The summed E-state index contributed by atoms with van der Waals surface area (Å²) in [4.78, 5) is 102. The fraction of sp³-hybridized carbons (Fsp3) is 0.808. The molecule has 0 aromatic heterocycles. The SMILES string of the molecule is CCCCCCCCCCC[C@H](CC(=O)NC1C(OC[C@H](NC(=O)C[C@@H](CCCCCCCCCCC)OC(=O)CCCCCCCCC)C(=O)OCc2ccccc2)OC(CO[Si](C)(C)C(C)(C)C)C(O)C1OC(=O)C[C@@H](CCCCCCCCCCC)OC(=O)CCCCCCCCC)OC(=O)CCCCCCCCc1ccccc1. The van der Waals surface area contributed by atoms with Gasteiger partial charge in [-0.3, -0.25) is 28.8 Å². The molecular formula is C99H172N2O16Si. The van der Waals surface area contributed by atoms with Crippen LogP contribution >= 0.6 is 0 Å². The van der Waals surface area contributed by atoms with E-state index in [9.17, 15) is 29.1 Å². The van der Waals surface area contributed by atoms with Gasteiger partial charge in [-0.2, -0.15) is 0 Å². The smallest absolute Gasteiger partial charge is 0.331 e. The number of nitrogens with one attached hydrogen (secondary N) is 2. The van der Waals surface area contributed by atoms with E-state index in [0.717, 1.165) is 186 Å². The maximum absolute atomic E-state index is 15.3. The third-order valence-electron chi connectivity index (χ3n) is 23.9. The summed E-state index contributed by atoms with van der Waals surface area (Å²) in [7, 11) is -2.62. The van der Waals surface area contributed by atoms with Crippen molar-refractivity contribution >= 4 is 50.0 Å². The molecule has 1 saturated heterocycles. The highest BCUT2D eigenvalue weighted by molar-refractivity contribution is 6.74. The molecule has 2 amide bonds. The topological polar surface area (TPSA) is 238 Å². The highest BCUT2D eigenvalue weighted by atomic mass is 28.4. The number of ether oxygens (including phenoxy) is 7. The standard InChI is InChI=1S/C99H172N2O16Si/c1-11-16-21-26-31-34-39-45-58-69-83(113-90(104)72-61-48-37-29-24-19-14-4)75-88(102)100-86(97(109)110-78-82-67-56-52-57-68-82)79-111-98-94(101-89(103)76-84(70-59-46-40-35-32-27-22-17-12-2)114-91(105)73-63-50-43-42-44-53-64-81-65-54-51-55-66-81)96(95(108)87(116-98)80-112-118(9,10)99(6,7)8)117-93(107)77-85(71-60-47-41-36-33-28-23-18-13-3)115-92(106)74-62-49-38-30-25-20-15-5/h51-52,54-57,65-68,83-87,94-96,98,108H,11-50,53,58-64,69-80H2,1-10H3,(H,100,102)(H,101,103)/t83-,84-,85-,86+,87?,94?,95?,96?,98?/m1/s1. The van der Waals surface area contributed by atoms with Crippen LogP contribution in [0.15, 0.2) is 60.7 Å². The number of benzene rings is 2. The number of hydrogen-bond donors (Lipinski definition) is 3. The molecule has 0 spiro atoms. The Balaban J connectivity index is 2.17. The van der Waals surface area contributed by atoms with Crippen LogP contribution in [0.3, 0.4) is 0 Å². The van der Waals surface area contributed by atoms with Crippen LogP contribution in [0.25, 0.3) is 0 Å². The molecule has 1 heterocycles. The van der Waals surface area contributed by atoms with Crippen LogP contribution in [0.2, 0.25) is 18.1 Å². The first kappa shape index (κ1) is 107. The zero-order valence-corrected chi connectivity index (χ0v) is 77.5. The summed E-state index contributed by atoms with van der Waals surface area (Å²) in [6.45, 7) is 20.5. The zero-order valence-electron chi connectivity index (χ0n) is 76.5. The maximum Gasteiger partial charge on any atom is 0.331 e. The van der Waals surface area contributed by atoms with Crippen LogP contribution in [-0.2, 0) is 84.2 Å². The van der Waals surface area contributed by atoms with E-state index < -0.39 is 106 Å². The van der Waals surface area contributed by atoms with E-state index in [1.807, 2.05) is 36.4 Å². The Bertz CT molecular complexity index is 2840. The molecular weight excluding hydrogens is 1500 g/mol. The Labute approximate surface area is 719 Å². The van der Waals surface area contributed by atoms with Crippen molar-refractivity contribution in [2.24, 2.45) is 0 Å². The number of esters is 5. The molecule has 118 heavy (non-hydrogen) atoms. The fourth-order valence-corrected chi connectivity index (χ4v) is 16.3. The van der Waals surface area contributed by atoms with Crippen molar-refractivity contribution in [2.75, 3.05) is 13.2 Å². The average molecular weight is 1670 g/mol. The molecule has 678 valence electrons. The minimum absolute atomic E-state index is 0.145. The van der Waals surface area contributed by atoms with Crippen LogP contribution in [0.4, 0.5) is 0 Å². The lowest BCUT2D eigenvalue weighted by molar-refractivity contribution is -0.274. The fourth-order valence-electron chi connectivity index (χ4n) is 15.3. The minimum Gasteiger partial charge on any atom is -0.462 e. The molecule has 0 aliphatic carbocycles. The first-order valence-electron chi connectivity index (χ1n) is 48.3. The molecule has 5 unspecified atom stereocenters. The summed E-state index contributed by atoms with van der Waals surface area (Å²) in [6.07, 6.45) is 42.6. The van der Waals surface area contributed by atoms with Crippen molar-refractivity contribution in [1.29, 1.82) is 0 Å². The minimum atomic E-state index is -2.62. The number of unbranched alkanes of at least 4 members (excludes halogenated alkanes) is 41. The quantitative estimate of drug-likeness (QED) is 0.0241. The third-order valence-corrected chi connectivity index (χ3v) is 28.4. The largest absolute Gasteiger partial charge is 0.462 e. The second-order valence-corrected chi connectivity index (χ2v) is 40.7. The van der Waals surface area contributed by atoms with E-state index in [-0.39, 0.29) is 62.7 Å². The van der Waals surface area contributed by atoms with E-state index in [1.54, 1.807) is 0 Å². The van der Waals surface area contributed by atoms with Crippen molar-refractivity contribution in [3.8, 4) is 0 Å². The van der Waals surface area contributed by atoms with Gasteiger partial charge in [0.25, 0.3) is 0 Å². The summed E-state index contributed by atoms with van der Waals surface area (Å²) in [5.41, 5.74) is 2.03. The Morgan fingerprint density at radius 1 is 0.432 bits per heavy atom. The van der Waals surface area contributed by atoms with Gasteiger partial charge in [-0.05, 0) is 99.9 Å². The predicted octanol–water partition coefficient (Wildman–Crippen LogP) is 24.7. The van der Waals surface area contributed by atoms with Gasteiger partial charge in [0.15, 0.2) is 26.8 Å². The molecule has 2 aromatic carbocycles. The molecule has 0 saturated carbocycles. The molecule has 1 aliphatic rings. The van der Waals surface area contributed by atoms with E-state index in [4.69, 9.17) is 37.6 Å². The van der Waals surface area contributed by atoms with Crippen molar-refractivity contribution in [1.82, 2.24) is 10.6 Å². The average Bonchev–Trinajstić information content (AvgIpc) is 0.788. The molecule has 2 aromatic rings. The molecule has 9 atom stereocenters. The Hall–Kier alpha value is -5.21. The van der Waals surface area contributed by atoms with Gasteiger partial charge in [0.1, 0.15) is 43.2 Å². The first-order valence-corrected chi connectivity index (χ1v) is 51.2. The van der Waals surface area contributed by atoms with Gasteiger partial charge < -0.3 is 53.3 Å². The van der Waals surface area contributed by atoms with Gasteiger partial charge in [-0.25, -0.2) is 4.79 Å². The Kier molecular flexibility index (Phi) is 62.8. The van der Waals surface area contributed by atoms with Crippen molar-refractivity contribution in [3.05, 3.63) is 71.8 Å². The van der Waals surface area contributed by atoms with Gasteiger partial charge in [0.2, 0.25) is 11.8 Å². The summed E-state index contributed by atoms with van der Waals surface area (Å²) >= 11 is 0. The maximum atomic E-state index is 15.3. The molecule has 1 fully saturated rings. The number of aliphatic hydroxyl groups is 1. The lowest BCUT2D eigenvalue weighted by Crippen LogP contribution is -2.67. The van der Waals surface area contributed by atoms with Crippen LogP contribution < -0.4 is 10.6 Å². The highest BCUT2D eigenvalue weighted by Gasteiger charge is 2.51. The number of amides is 2. The summed E-state index contributed by atoms with van der Waals surface area (Å²) < 4.78 is 51.6. The zero-order chi connectivity index (χ0) is 86.0. The van der Waals surface area contributed by atoms with Gasteiger partial charge in [-0.1, -0.05) is 373 Å². The van der Waals surface area contributed by atoms with Gasteiger partial charge in [-0.15, -0.1) is 0 Å². The van der Waals surface area contributed by atoms with Gasteiger partial charge in [0.05, 0.1) is 32.5 Å². The third kappa shape index (κ3) is 53.6. The van der Waals surface area contributed by atoms with Crippen LogP contribution in [-0.4, -0.2) is 123 Å². The molecule has 0 radical (unpaired) electrons. The Morgan fingerprint density at radius 3 is 1.17 bits per heavy atom. The number of aliphatic hydroxyl groups excluding tert-OH is 1. The van der Waals surface area contributed by atoms with Crippen LogP contribution in [0.1, 0.15) is 426 Å². The number of hydrogen-bond acceptors (Lipinski definition) is 16. The van der Waals surface area contributed by atoms with E-state index in [2.05, 4.69) is 103 Å². The number of carbonyl (C=O) groups is 7. The van der Waals surface area contributed by atoms with E-state index >= 15 is 9.59 Å². The van der Waals surface area contributed by atoms with Gasteiger partial charge in [0, 0.05) is 19.3 Å². The predicted molar refractivity (Wildman–Crippen MR) is 480 cm³/mol. The van der Waals surface area contributed by atoms with Crippen molar-refractivity contribution in [2.45, 2.75) is 501 Å². The molecule has 19 heteroatoms. The second-order valence-electron chi connectivity index (χ2n) is 35.8. The molecule has 3 rings (SSSR count). The van der Waals surface area contributed by atoms with Crippen LogP contribution in [0, 0.1) is 0 Å². The molecule has 1 aliphatic heterocycles. The summed E-state index contributed by atoms with van der Waals surface area (Å²) in [5.74, 6) is -3.99. The molecule has 0 bridgehead atoms. The number of carbonyl (C=O) groups excluding carboxylic acids is 7. The van der Waals surface area contributed by atoms with Crippen molar-refractivity contribution < 1.29 is 76.3 Å². The number of rotatable bonds is 76. The first-order chi connectivity index (χ1) is 57.1. The second kappa shape index (κ2) is 69.2. The summed E-state index contributed by atoms with van der Waals surface area (Å²) in [5, 5.41) is 18.6. The van der Waals surface area contributed by atoms with E-state index in [0.29, 0.717) is 56.9 Å². The monoisotopic (exact) mass is 1670 g/mol. The lowest BCUT2D eigenvalue weighted by atomic mass is 9.95. The normalized spacial score (nSPS) is 16.7. The molecule has 18 nitrogen and oxygen atoms in total. The summed E-state index contributed by atoms with van der Waals surface area (Å²) in [6, 6.07) is 16.6. The number of aryl methyl sites for hydroxylation is 1. The van der Waals surface area contributed by atoms with Crippen LogP contribution in [0.5, 0.6) is 0 Å². The van der Waals surface area contributed by atoms with Crippen molar-refractivity contribution in [3.63, 3.8) is 0 Å². The highest BCUT2D eigenvalue weighted by Crippen LogP contribution is 2.38. The Morgan fingerprint density at radius 2 is 0.780 bits per heavy atom. The molecule has 3 N–H and O–H groups in total. The van der Waals surface area contributed by atoms with Gasteiger partial charge >= 0.3 is 29.8 Å². The lowest BCUT2D eigenvalue weighted by Gasteiger charge is -2.45.